The number of halogens is 1. The van der Waals surface area contributed by atoms with Crippen molar-refractivity contribution in [3.63, 3.8) is 0 Å². The van der Waals surface area contributed by atoms with Crippen LogP contribution in [0.15, 0.2) is 65.6 Å². The summed E-state index contributed by atoms with van der Waals surface area (Å²) in [6.07, 6.45) is 4.29. The predicted molar refractivity (Wildman–Crippen MR) is 116 cm³/mol. The van der Waals surface area contributed by atoms with Crippen LogP contribution in [0.4, 0.5) is 4.39 Å². The Hall–Kier alpha value is -2.57. The molecule has 154 valence electrons. The Morgan fingerprint density at radius 3 is 2.77 bits per heavy atom. The Kier molecular flexibility index (Phi) is 5.35. The average Bonchev–Trinajstić information content (AvgIpc) is 3.42. The maximum absolute atomic E-state index is 13.5. The van der Waals surface area contributed by atoms with E-state index >= 15 is 0 Å². The van der Waals surface area contributed by atoms with Crippen LogP contribution in [0.2, 0.25) is 0 Å². The van der Waals surface area contributed by atoms with Crippen LogP contribution in [-0.2, 0) is 6.54 Å². The molecule has 1 amide bonds. The first-order valence-electron chi connectivity index (χ1n) is 10.4. The van der Waals surface area contributed by atoms with E-state index in [0.29, 0.717) is 18.0 Å². The number of pyridine rings is 1. The summed E-state index contributed by atoms with van der Waals surface area (Å²) in [5.74, 6) is 0.373. The van der Waals surface area contributed by atoms with Crippen LogP contribution in [0.3, 0.4) is 0 Å². The fourth-order valence-electron chi connectivity index (χ4n) is 5.04. The second-order valence-corrected chi connectivity index (χ2v) is 9.02. The molecule has 2 saturated heterocycles. The number of carbonyl (C=O) groups is 1. The van der Waals surface area contributed by atoms with Crippen molar-refractivity contribution in [1.29, 1.82) is 0 Å². The van der Waals surface area contributed by atoms with Gasteiger partial charge in [0, 0.05) is 56.5 Å². The van der Waals surface area contributed by atoms with Gasteiger partial charge in [0.2, 0.25) is 0 Å². The first-order chi connectivity index (χ1) is 14.7. The van der Waals surface area contributed by atoms with Gasteiger partial charge in [0.15, 0.2) is 0 Å². The predicted octanol–water partition coefficient (Wildman–Crippen LogP) is 4.41. The molecule has 1 aromatic carbocycles. The molecule has 0 aliphatic carbocycles. The van der Waals surface area contributed by atoms with Crippen LogP contribution in [0.1, 0.15) is 33.8 Å². The molecule has 0 bridgehead atoms. The molecule has 0 radical (unpaired) electrons. The van der Waals surface area contributed by atoms with Gasteiger partial charge in [0.1, 0.15) is 5.82 Å². The molecule has 2 fully saturated rings. The highest BCUT2D eigenvalue weighted by atomic mass is 32.1. The molecule has 2 aliphatic heterocycles. The lowest BCUT2D eigenvalue weighted by Crippen LogP contribution is -2.47. The molecule has 5 rings (SSSR count). The smallest absolute Gasteiger partial charge is 0.255 e. The van der Waals surface area contributed by atoms with Crippen LogP contribution in [-0.4, -0.2) is 46.4 Å². The number of benzene rings is 1. The van der Waals surface area contributed by atoms with Crippen LogP contribution in [0.25, 0.3) is 0 Å². The molecule has 0 N–H and O–H groups in total. The summed E-state index contributed by atoms with van der Waals surface area (Å²) in [6.45, 7) is 3.53. The van der Waals surface area contributed by atoms with Crippen LogP contribution in [0, 0.1) is 11.7 Å². The van der Waals surface area contributed by atoms with Crippen molar-refractivity contribution in [2.75, 3.05) is 19.6 Å². The molecular weight excluding hydrogens is 397 g/mol. The third kappa shape index (κ3) is 3.77. The van der Waals surface area contributed by atoms with E-state index in [1.165, 1.54) is 17.7 Å². The largest absolute Gasteiger partial charge is 0.335 e. The average molecular weight is 422 g/mol. The van der Waals surface area contributed by atoms with Gasteiger partial charge in [-0.2, -0.15) is 11.3 Å². The Balaban J connectivity index is 1.42. The van der Waals surface area contributed by atoms with Crippen LogP contribution >= 0.6 is 11.3 Å². The van der Waals surface area contributed by atoms with Gasteiger partial charge < -0.3 is 4.90 Å². The molecule has 0 spiro atoms. The maximum atomic E-state index is 13.5. The molecule has 0 saturated carbocycles. The Bertz CT molecular complexity index is 993. The molecule has 4 heterocycles. The van der Waals surface area contributed by atoms with Crippen LogP contribution < -0.4 is 0 Å². The summed E-state index contributed by atoms with van der Waals surface area (Å²) in [5, 5.41) is 4.32. The lowest BCUT2D eigenvalue weighted by molar-refractivity contribution is 0.0613. The molecule has 4 nitrogen and oxygen atoms in total. The third-order valence-electron chi connectivity index (χ3n) is 6.47. The molecule has 30 heavy (non-hydrogen) atoms. The molecule has 3 aromatic rings. The molecule has 3 atom stereocenters. The van der Waals surface area contributed by atoms with Gasteiger partial charge in [-0.25, -0.2) is 4.39 Å². The van der Waals surface area contributed by atoms with Crippen molar-refractivity contribution >= 4 is 17.2 Å². The summed E-state index contributed by atoms with van der Waals surface area (Å²) < 4.78 is 13.5. The number of amides is 1. The lowest BCUT2D eigenvalue weighted by Gasteiger charge is -2.39. The first-order valence-corrected chi connectivity index (χ1v) is 11.3. The number of piperidine rings is 1. The molecule has 2 aromatic heterocycles. The van der Waals surface area contributed by atoms with E-state index in [0.717, 1.165) is 31.6 Å². The fraction of sp³-hybridized carbons (Fsp3) is 0.333. The molecular formula is C24H24FN3OS. The minimum absolute atomic E-state index is 0.0500. The van der Waals surface area contributed by atoms with Gasteiger partial charge >= 0.3 is 0 Å². The zero-order valence-corrected chi connectivity index (χ0v) is 17.5. The highest BCUT2D eigenvalue weighted by Gasteiger charge is 2.47. The second kappa shape index (κ2) is 8.28. The molecule has 6 heteroatoms. The summed E-state index contributed by atoms with van der Waals surface area (Å²) in [6, 6.07) is 12.8. The Labute approximate surface area is 180 Å². The molecule has 0 unspecified atom stereocenters. The normalized spacial score (nSPS) is 24.0. The number of hydrogen-bond acceptors (Lipinski definition) is 4. The summed E-state index contributed by atoms with van der Waals surface area (Å²) in [4.78, 5) is 21.9. The highest BCUT2D eigenvalue weighted by molar-refractivity contribution is 7.07. The van der Waals surface area contributed by atoms with Gasteiger partial charge in [-0.05, 0) is 58.6 Å². The monoisotopic (exact) mass is 421 g/mol. The minimum atomic E-state index is -0.223. The van der Waals surface area contributed by atoms with Crippen molar-refractivity contribution in [3.05, 3.63) is 88.1 Å². The van der Waals surface area contributed by atoms with E-state index in [4.69, 9.17) is 0 Å². The van der Waals surface area contributed by atoms with E-state index in [2.05, 4.69) is 26.7 Å². The lowest BCUT2D eigenvalue weighted by atomic mass is 9.81. The maximum Gasteiger partial charge on any atom is 0.255 e. The number of carbonyl (C=O) groups excluding carboxylic acids is 1. The quantitative estimate of drug-likeness (QED) is 0.626. The van der Waals surface area contributed by atoms with Gasteiger partial charge in [-0.3, -0.25) is 14.7 Å². The van der Waals surface area contributed by atoms with Crippen molar-refractivity contribution in [2.24, 2.45) is 5.92 Å². The number of thiophene rings is 1. The number of fused-ring (bicyclic) bond motifs is 1. The van der Waals surface area contributed by atoms with Crippen molar-refractivity contribution in [3.8, 4) is 0 Å². The van der Waals surface area contributed by atoms with Gasteiger partial charge in [0.25, 0.3) is 5.91 Å². The Morgan fingerprint density at radius 2 is 2.03 bits per heavy atom. The number of nitrogens with zero attached hydrogens (tertiary/aromatic N) is 3. The zero-order valence-electron chi connectivity index (χ0n) is 16.7. The number of rotatable bonds is 4. The minimum Gasteiger partial charge on any atom is -0.335 e. The summed E-state index contributed by atoms with van der Waals surface area (Å²) in [7, 11) is 0. The standard InChI is InChI=1S/C24H24FN3OS/c25-20-5-3-18(4-6-20)21-15-28(24(29)19-2-1-9-26-12-19)23-7-10-27(14-22(21)23)13-17-8-11-30-16-17/h1-6,8-9,11-12,16,21-23H,7,10,13-15H2/t21-,22-,23-/m1/s1. The van der Waals surface area contributed by atoms with E-state index in [9.17, 15) is 9.18 Å². The number of hydrogen-bond donors (Lipinski definition) is 0. The second-order valence-electron chi connectivity index (χ2n) is 8.24. The van der Waals surface area contributed by atoms with E-state index in [1.807, 2.05) is 29.2 Å². The number of aromatic nitrogens is 1. The first kappa shape index (κ1) is 19.4. The SMILES string of the molecule is O=C(c1cccnc1)N1C[C@H](c2ccc(F)cc2)[C@H]2CN(Cc3ccsc3)CC[C@H]21. The van der Waals surface area contributed by atoms with E-state index in [1.54, 1.807) is 23.7 Å². The highest BCUT2D eigenvalue weighted by Crippen LogP contribution is 2.42. The zero-order chi connectivity index (χ0) is 20.5. The number of likely N-dealkylation sites (tertiary alicyclic amines) is 2. The summed E-state index contributed by atoms with van der Waals surface area (Å²) >= 11 is 1.73. The third-order valence-corrected chi connectivity index (χ3v) is 7.20. The summed E-state index contributed by atoms with van der Waals surface area (Å²) in [5.41, 5.74) is 3.10. The van der Waals surface area contributed by atoms with E-state index in [-0.39, 0.29) is 23.7 Å². The Morgan fingerprint density at radius 1 is 1.17 bits per heavy atom. The fourth-order valence-corrected chi connectivity index (χ4v) is 5.70. The van der Waals surface area contributed by atoms with Crippen molar-refractivity contribution in [1.82, 2.24) is 14.8 Å². The van der Waals surface area contributed by atoms with E-state index < -0.39 is 0 Å². The van der Waals surface area contributed by atoms with Gasteiger partial charge in [-0.15, -0.1) is 0 Å². The van der Waals surface area contributed by atoms with Crippen molar-refractivity contribution < 1.29 is 9.18 Å². The van der Waals surface area contributed by atoms with Gasteiger partial charge in [0.05, 0.1) is 5.56 Å². The topological polar surface area (TPSA) is 36.4 Å². The molecule has 2 aliphatic rings. The van der Waals surface area contributed by atoms with Gasteiger partial charge in [-0.1, -0.05) is 12.1 Å². The van der Waals surface area contributed by atoms with Crippen LogP contribution in [0.5, 0.6) is 0 Å². The van der Waals surface area contributed by atoms with Crippen molar-refractivity contribution in [2.45, 2.75) is 24.9 Å².